The number of carbonyl (C=O) groups is 1. The van der Waals surface area contributed by atoms with Gasteiger partial charge in [-0.2, -0.15) is 0 Å². The van der Waals surface area contributed by atoms with E-state index < -0.39 is 0 Å². The molecule has 2 aromatic rings. The summed E-state index contributed by atoms with van der Waals surface area (Å²) in [6, 6.07) is 10.0. The van der Waals surface area contributed by atoms with E-state index in [9.17, 15) is 9.18 Å². The van der Waals surface area contributed by atoms with Crippen LogP contribution in [0.15, 0.2) is 36.4 Å². The smallest absolute Gasteiger partial charge is 0.251 e. The van der Waals surface area contributed by atoms with Crippen molar-refractivity contribution in [2.24, 2.45) is 11.8 Å². The Labute approximate surface area is 118 Å². The van der Waals surface area contributed by atoms with Gasteiger partial charge in [-0.05, 0) is 42.2 Å². The third kappa shape index (κ3) is 2.53. The third-order valence-corrected chi connectivity index (χ3v) is 4.13. The van der Waals surface area contributed by atoms with Gasteiger partial charge in [0.25, 0.3) is 5.91 Å². The van der Waals surface area contributed by atoms with Gasteiger partial charge in [0.05, 0.1) is 0 Å². The number of carbonyl (C=O) groups excluding carboxylic acids is 1. The number of rotatable bonds is 4. The van der Waals surface area contributed by atoms with Crippen LogP contribution >= 0.6 is 0 Å². The molecule has 0 bridgehead atoms. The number of benzene rings is 2. The fraction of sp³-hybridized carbons (Fsp3) is 0.353. The lowest BCUT2D eigenvalue weighted by Gasteiger charge is -2.12. The molecule has 1 aliphatic carbocycles. The van der Waals surface area contributed by atoms with Crippen molar-refractivity contribution in [1.82, 2.24) is 5.32 Å². The molecule has 0 heterocycles. The minimum atomic E-state index is -0.288. The van der Waals surface area contributed by atoms with Crippen molar-refractivity contribution in [2.75, 3.05) is 6.54 Å². The van der Waals surface area contributed by atoms with Crippen LogP contribution in [0.2, 0.25) is 0 Å². The number of amides is 1. The van der Waals surface area contributed by atoms with Crippen LogP contribution in [0, 0.1) is 17.7 Å². The van der Waals surface area contributed by atoms with Gasteiger partial charge in [0.2, 0.25) is 0 Å². The minimum Gasteiger partial charge on any atom is -0.352 e. The molecule has 2 aromatic carbocycles. The second-order valence-corrected chi connectivity index (χ2v) is 5.67. The zero-order valence-electron chi connectivity index (χ0n) is 11.5. The Morgan fingerprint density at radius 2 is 1.95 bits per heavy atom. The fourth-order valence-corrected chi connectivity index (χ4v) is 2.64. The predicted octanol–water partition coefficient (Wildman–Crippen LogP) is 3.75. The van der Waals surface area contributed by atoms with Crippen LogP contribution < -0.4 is 5.32 Å². The van der Waals surface area contributed by atoms with Gasteiger partial charge >= 0.3 is 0 Å². The lowest BCUT2D eigenvalue weighted by Crippen LogP contribution is -2.29. The summed E-state index contributed by atoms with van der Waals surface area (Å²) >= 11 is 0. The average Bonchev–Trinajstić information content (AvgIpc) is 3.30. The van der Waals surface area contributed by atoms with E-state index >= 15 is 0 Å². The van der Waals surface area contributed by atoms with Crippen molar-refractivity contribution in [2.45, 2.75) is 19.8 Å². The highest BCUT2D eigenvalue weighted by Gasteiger charge is 2.28. The summed E-state index contributed by atoms with van der Waals surface area (Å²) in [6.07, 6.45) is 2.55. The van der Waals surface area contributed by atoms with Gasteiger partial charge in [-0.3, -0.25) is 4.79 Å². The molecule has 0 aliphatic heterocycles. The molecular formula is C17H18FNO. The molecule has 1 amide bonds. The molecule has 0 spiro atoms. The molecule has 2 nitrogen and oxygen atoms in total. The summed E-state index contributed by atoms with van der Waals surface area (Å²) in [6.45, 7) is 2.86. The molecule has 1 unspecified atom stereocenters. The van der Waals surface area contributed by atoms with Crippen molar-refractivity contribution >= 4 is 16.7 Å². The Morgan fingerprint density at radius 3 is 2.65 bits per heavy atom. The van der Waals surface area contributed by atoms with E-state index in [0.29, 0.717) is 28.8 Å². The second kappa shape index (κ2) is 5.23. The summed E-state index contributed by atoms with van der Waals surface area (Å²) in [4.78, 5) is 12.3. The van der Waals surface area contributed by atoms with Crippen molar-refractivity contribution in [3.63, 3.8) is 0 Å². The Hall–Kier alpha value is -1.90. The Balaban J connectivity index is 1.82. The highest BCUT2D eigenvalue weighted by molar-refractivity contribution is 6.07. The van der Waals surface area contributed by atoms with Crippen molar-refractivity contribution in [3.05, 3.63) is 47.8 Å². The lowest BCUT2D eigenvalue weighted by molar-refractivity contribution is 0.0948. The average molecular weight is 271 g/mol. The van der Waals surface area contributed by atoms with Crippen LogP contribution in [0.1, 0.15) is 30.1 Å². The highest BCUT2D eigenvalue weighted by atomic mass is 19.1. The summed E-state index contributed by atoms with van der Waals surface area (Å²) < 4.78 is 13.7. The van der Waals surface area contributed by atoms with Crippen LogP contribution in [-0.2, 0) is 0 Å². The maximum Gasteiger partial charge on any atom is 0.251 e. The molecule has 0 radical (unpaired) electrons. The quantitative estimate of drug-likeness (QED) is 0.901. The van der Waals surface area contributed by atoms with Crippen molar-refractivity contribution in [3.8, 4) is 0 Å². The van der Waals surface area contributed by atoms with E-state index in [1.54, 1.807) is 24.3 Å². The zero-order valence-corrected chi connectivity index (χ0v) is 11.5. The van der Waals surface area contributed by atoms with E-state index in [1.165, 1.54) is 18.9 Å². The fourth-order valence-electron chi connectivity index (χ4n) is 2.64. The standard InChI is InChI=1S/C17H18FNO/c1-11(12-6-7-12)10-19-17(20)15-8-9-16(18)14-5-3-2-4-13(14)15/h2-5,8-9,11-12H,6-7,10H2,1H3,(H,19,20). The molecule has 0 saturated heterocycles. The topological polar surface area (TPSA) is 29.1 Å². The van der Waals surface area contributed by atoms with Crippen LogP contribution in [0.5, 0.6) is 0 Å². The zero-order chi connectivity index (χ0) is 14.1. The summed E-state index contributed by atoms with van der Waals surface area (Å²) in [5, 5.41) is 4.14. The summed E-state index contributed by atoms with van der Waals surface area (Å²) in [5.74, 6) is 0.878. The van der Waals surface area contributed by atoms with Gasteiger partial charge in [0.1, 0.15) is 5.82 Å². The Morgan fingerprint density at radius 1 is 1.25 bits per heavy atom. The van der Waals surface area contributed by atoms with Crippen molar-refractivity contribution < 1.29 is 9.18 Å². The molecule has 1 fully saturated rings. The Kier molecular flexibility index (Phi) is 3.43. The number of hydrogen-bond donors (Lipinski definition) is 1. The van der Waals surface area contributed by atoms with E-state index in [0.717, 1.165) is 5.92 Å². The first-order chi connectivity index (χ1) is 9.66. The second-order valence-electron chi connectivity index (χ2n) is 5.67. The predicted molar refractivity (Wildman–Crippen MR) is 78.1 cm³/mol. The lowest BCUT2D eigenvalue weighted by atomic mass is 10.0. The first-order valence-corrected chi connectivity index (χ1v) is 7.12. The maximum absolute atomic E-state index is 13.7. The van der Waals surface area contributed by atoms with Gasteiger partial charge in [-0.15, -0.1) is 0 Å². The van der Waals surface area contributed by atoms with Gasteiger partial charge in [0.15, 0.2) is 0 Å². The van der Waals surface area contributed by atoms with E-state index in [1.807, 2.05) is 6.07 Å². The van der Waals surface area contributed by atoms with Crippen LogP contribution in [-0.4, -0.2) is 12.5 Å². The molecule has 0 aromatic heterocycles. The third-order valence-electron chi connectivity index (χ3n) is 4.13. The van der Waals surface area contributed by atoms with Gasteiger partial charge in [-0.25, -0.2) is 4.39 Å². The highest BCUT2D eigenvalue weighted by Crippen LogP contribution is 2.36. The Bertz CT molecular complexity index is 648. The number of nitrogens with one attached hydrogen (secondary N) is 1. The van der Waals surface area contributed by atoms with Crippen molar-refractivity contribution in [1.29, 1.82) is 0 Å². The number of fused-ring (bicyclic) bond motifs is 1. The van der Waals surface area contributed by atoms with Gasteiger partial charge < -0.3 is 5.32 Å². The molecule has 1 atom stereocenters. The molecular weight excluding hydrogens is 253 g/mol. The molecule has 104 valence electrons. The van der Waals surface area contributed by atoms with Crippen LogP contribution in [0.3, 0.4) is 0 Å². The first kappa shape index (κ1) is 13.1. The van der Waals surface area contributed by atoms with Crippen LogP contribution in [0.25, 0.3) is 10.8 Å². The number of halogens is 1. The number of hydrogen-bond acceptors (Lipinski definition) is 1. The van der Waals surface area contributed by atoms with E-state index in [2.05, 4.69) is 12.2 Å². The largest absolute Gasteiger partial charge is 0.352 e. The molecule has 1 N–H and O–H groups in total. The van der Waals surface area contributed by atoms with Crippen LogP contribution in [0.4, 0.5) is 4.39 Å². The minimum absolute atomic E-state index is 0.117. The summed E-state index contributed by atoms with van der Waals surface area (Å²) in [7, 11) is 0. The summed E-state index contributed by atoms with van der Waals surface area (Å²) in [5.41, 5.74) is 0.546. The normalized spacial score (nSPS) is 16.1. The molecule has 1 saturated carbocycles. The van der Waals surface area contributed by atoms with E-state index in [4.69, 9.17) is 0 Å². The monoisotopic (exact) mass is 271 g/mol. The molecule has 3 heteroatoms. The molecule has 3 rings (SSSR count). The van der Waals surface area contributed by atoms with E-state index in [-0.39, 0.29) is 11.7 Å². The van der Waals surface area contributed by atoms with Gasteiger partial charge in [-0.1, -0.05) is 31.2 Å². The first-order valence-electron chi connectivity index (χ1n) is 7.12. The maximum atomic E-state index is 13.7. The SMILES string of the molecule is CC(CNC(=O)c1ccc(F)c2ccccc12)C1CC1. The molecule has 20 heavy (non-hydrogen) atoms. The van der Waals surface area contributed by atoms with Gasteiger partial charge in [0, 0.05) is 17.5 Å². The molecule has 1 aliphatic rings.